The molecule has 23 heavy (non-hydrogen) atoms. The van der Waals surface area contributed by atoms with E-state index in [0.29, 0.717) is 6.54 Å². The maximum absolute atomic E-state index is 9.77. The molecule has 0 atom stereocenters. The highest BCUT2D eigenvalue weighted by Gasteiger charge is 2.11. The zero-order chi connectivity index (χ0) is 16.4. The number of phenols is 2. The van der Waals surface area contributed by atoms with Crippen molar-refractivity contribution in [3.05, 3.63) is 65.9 Å². The fourth-order valence-corrected chi connectivity index (χ4v) is 2.70. The highest BCUT2D eigenvalue weighted by Crippen LogP contribution is 2.30. The Morgan fingerprint density at radius 3 is 2.52 bits per heavy atom. The van der Waals surface area contributed by atoms with Crippen LogP contribution in [0.1, 0.15) is 18.1 Å². The number of hydrogen-bond donors (Lipinski definition) is 2. The van der Waals surface area contributed by atoms with Gasteiger partial charge < -0.3 is 14.8 Å². The van der Waals surface area contributed by atoms with Crippen molar-refractivity contribution in [3.8, 4) is 17.6 Å². The zero-order valence-electron chi connectivity index (χ0n) is 12.7. The molecule has 4 nitrogen and oxygen atoms in total. The van der Waals surface area contributed by atoms with Crippen LogP contribution in [0, 0.1) is 11.3 Å². The molecule has 3 rings (SSSR count). The van der Waals surface area contributed by atoms with E-state index in [9.17, 15) is 10.2 Å². The molecule has 4 heteroatoms. The molecule has 0 saturated carbocycles. The maximum atomic E-state index is 9.77. The van der Waals surface area contributed by atoms with Crippen LogP contribution in [0.15, 0.2) is 54.7 Å². The third kappa shape index (κ3) is 2.90. The lowest BCUT2D eigenvalue weighted by Crippen LogP contribution is -1.97. The summed E-state index contributed by atoms with van der Waals surface area (Å²) in [5.41, 5.74) is 3.82. The molecule has 0 radical (unpaired) electrons. The summed E-state index contributed by atoms with van der Waals surface area (Å²) in [6, 6.07) is 14.4. The lowest BCUT2D eigenvalue weighted by molar-refractivity contribution is 0.474. The summed E-state index contributed by atoms with van der Waals surface area (Å²) < 4.78 is 2.07. The Morgan fingerprint density at radius 2 is 1.83 bits per heavy atom. The molecule has 1 heterocycles. The van der Waals surface area contributed by atoms with Crippen LogP contribution in [0.5, 0.6) is 11.5 Å². The molecule has 0 bridgehead atoms. The van der Waals surface area contributed by atoms with E-state index >= 15 is 0 Å². The number of hydrogen-bond acceptors (Lipinski definition) is 3. The minimum atomic E-state index is 0.200. The summed E-state index contributed by atoms with van der Waals surface area (Å²) in [6.45, 7) is 2.52. The van der Waals surface area contributed by atoms with Crippen molar-refractivity contribution in [1.82, 2.24) is 4.57 Å². The smallest absolute Gasteiger partial charge is 0.116 e. The molecule has 114 valence electrons. The SMILES string of the molecule is C/C(=C\C#N)c1cn(Cc2ccc(O)cc2)c2ccc(O)cc12. The number of allylic oxidation sites excluding steroid dienone is 2. The largest absolute Gasteiger partial charge is 0.508 e. The molecule has 0 amide bonds. The molecular formula is C19H16N2O2. The number of nitriles is 1. The fourth-order valence-electron chi connectivity index (χ4n) is 2.70. The molecule has 1 aromatic heterocycles. The molecule has 0 saturated heterocycles. The highest BCUT2D eigenvalue weighted by molar-refractivity contribution is 5.94. The first-order valence-corrected chi connectivity index (χ1v) is 7.25. The van der Waals surface area contributed by atoms with Crippen LogP contribution in [0.25, 0.3) is 16.5 Å². The number of aromatic hydroxyl groups is 2. The first kappa shape index (κ1) is 14.7. The summed E-state index contributed by atoms with van der Waals surface area (Å²) in [5.74, 6) is 0.440. The summed E-state index contributed by atoms with van der Waals surface area (Å²) in [4.78, 5) is 0. The van der Waals surface area contributed by atoms with E-state index in [1.807, 2.05) is 37.4 Å². The molecule has 0 aliphatic rings. The van der Waals surface area contributed by atoms with Gasteiger partial charge in [-0.25, -0.2) is 0 Å². The third-order valence-electron chi connectivity index (χ3n) is 3.86. The Labute approximate surface area is 134 Å². The van der Waals surface area contributed by atoms with Crippen LogP contribution in [-0.4, -0.2) is 14.8 Å². The van der Waals surface area contributed by atoms with Crippen LogP contribution >= 0.6 is 0 Å². The summed E-state index contributed by atoms with van der Waals surface area (Å²) in [5, 5.41) is 29.0. The molecular weight excluding hydrogens is 288 g/mol. The summed E-state index contributed by atoms with van der Waals surface area (Å²) >= 11 is 0. The van der Waals surface area contributed by atoms with E-state index in [2.05, 4.69) is 4.57 Å². The van der Waals surface area contributed by atoms with Gasteiger partial charge in [0.1, 0.15) is 11.5 Å². The van der Waals surface area contributed by atoms with Crippen molar-refractivity contribution in [3.63, 3.8) is 0 Å². The third-order valence-corrected chi connectivity index (χ3v) is 3.86. The molecule has 0 unspecified atom stereocenters. The first-order valence-electron chi connectivity index (χ1n) is 7.25. The fraction of sp³-hybridized carbons (Fsp3) is 0.105. The Balaban J connectivity index is 2.12. The molecule has 0 fully saturated rings. The second kappa shape index (κ2) is 5.90. The van der Waals surface area contributed by atoms with Gasteiger partial charge in [-0.3, -0.25) is 0 Å². The van der Waals surface area contributed by atoms with Crippen molar-refractivity contribution in [2.24, 2.45) is 0 Å². The van der Waals surface area contributed by atoms with Gasteiger partial charge in [0, 0.05) is 35.3 Å². The van der Waals surface area contributed by atoms with Crippen molar-refractivity contribution < 1.29 is 10.2 Å². The average molecular weight is 304 g/mol. The second-order valence-electron chi connectivity index (χ2n) is 5.50. The highest BCUT2D eigenvalue weighted by atomic mass is 16.3. The maximum Gasteiger partial charge on any atom is 0.116 e. The van der Waals surface area contributed by atoms with Crippen LogP contribution in [-0.2, 0) is 6.54 Å². The quantitative estimate of drug-likeness (QED) is 0.718. The van der Waals surface area contributed by atoms with E-state index in [0.717, 1.165) is 27.6 Å². The minimum Gasteiger partial charge on any atom is -0.508 e. The number of benzene rings is 2. The van der Waals surface area contributed by atoms with Crippen LogP contribution in [0.4, 0.5) is 0 Å². The van der Waals surface area contributed by atoms with E-state index in [1.54, 1.807) is 24.3 Å². The van der Waals surface area contributed by atoms with Crippen molar-refractivity contribution >= 4 is 16.5 Å². The molecule has 0 aliphatic carbocycles. The van der Waals surface area contributed by atoms with E-state index in [1.165, 1.54) is 6.08 Å². The molecule has 2 N–H and O–H groups in total. The van der Waals surface area contributed by atoms with Crippen molar-refractivity contribution in [2.45, 2.75) is 13.5 Å². The lowest BCUT2D eigenvalue weighted by Gasteiger charge is -2.06. The average Bonchev–Trinajstić information content (AvgIpc) is 2.88. The van der Waals surface area contributed by atoms with Gasteiger partial charge in [0.05, 0.1) is 6.07 Å². The molecule has 2 aromatic carbocycles. The Kier molecular flexibility index (Phi) is 3.78. The predicted octanol–water partition coefficient (Wildman–Crippen LogP) is 4.03. The van der Waals surface area contributed by atoms with Gasteiger partial charge in [-0.1, -0.05) is 12.1 Å². The van der Waals surface area contributed by atoms with Crippen molar-refractivity contribution in [2.75, 3.05) is 0 Å². The summed E-state index contributed by atoms with van der Waals surface area (Å²) in [6.07, 6.45) is 3.49. The normalized spacial score (nSPS) is 11.6. The number of aromatic nitrogens is 1. The Hall–Kier alpha value is -3.19. The van der Waals surface area contributed by atoms with Crippen LogP contribution < -0.4 is 0 Å². The molecule has 3 aromatic rings. The number of rotatable bonds is 3. The van der Waals surface area contributed by atoms with Crippen LogP contribution in [0.3, 0.4) is 0 Å². The zero-order valence-corrected chi connectivity index (χ0v) is 12.7. The standard InChI is InChI=1S/C19H16N2O2/c1-13(8-9-20)18-12-21(11-14-2-4-15(22)5-3-14)19-7-6-16(23)10-17(18)19/h2-8,10,12,22-23H,11H2,1H3/b13-8+. The van der Waals surface area contributed by atoms with Gasteiger partial charge in [0.2, 0.25) is 0 Å². The van der Waals surface area contributed by atoms with E-state index < -0.39 is 0 Å². The predicted molar refractivity (Wildman–Crippen MR) is 90.1 cm³/mol. The Morgan fingerprint density at radius 1 is 1.13 bits per heavy atom. The van der Waals surface area contributed by atoms with Crippen LogP contribution in [0.2, 0.25) is 0 Å². The number of phenolic OH excluding ortho intramolecular Hbond substituents is 2. The summed E-state index contributed by atoms with van der Waals surface area (Å²) in [7, 11) is 0. The van der Waals surface area contributed by atoms with Gasteiger partial charge in [-0.15, -0.1) is 0 Å². The first-order chi connectivity index (χ1) is 11.1. The van der Waals surface area contributed by atoms with Gasteiger partial charge in [-0.2, -0.15) is 5.26 Å². The monoisotopic (exact) mass is 304 g/mol. The second-order valence-corrected chi connectivity index (χ2v) is 5.50. The topological polar surface area (TPSA) is 69.2 Å². The molecule has 0 aliphatic heterocycles. The Bertz CT molecular complexity index is 928. The molecule has 0 spiro atoms. The number of nitrogens with zero attached hydrogens (tertiary/aromatic N) is 2. The van der Waals surface area contributed by atoms with E-state index in [4.69, 9.17) is 5.26 Å². The lowest BCUT2D eigenvalue weighted by atomic mass is 10.1. The van der Waals surface area contributed by atoms with Gasteiger partial charge in [0.15, 0.2) is 0 Å². The number of fused-ring (bicyclic) bond motifs is 1. The van der Waals surface area contributed by atoms with E-state index in [-0.39, 0.29) is 11.5 Å². The van der Waals surface area contributed by atoms with Gasteiger partial charge >= 0.3 is 0 Å². The van der Waals surface area contributed by atoms with Gasteiger partial charge in [-0.05, 0) is 48.4 Å². The minimum absolute atomic E-state index is 0.200. The van der Waals surface area contributed by atoms with Crippen molar-refractivity contribution in [1.29, 1.82) is 5.26 Å². The van der Waals surface area contributed by atoms with Gasteiger partial charge in [0.25, 0.3) is 0 Å².